The van der Waals surface area contributed by atoms with Crippen LogP contribution >= 0.6 is 0 Å². The average Bonchev–Trinajstić information content (AvgIpc) is 2.58. The third-order valence-electron chi connectivity index (χ3n) is 4.74. The van der Waals surface area contributed by atoms with Crippen LogP contribution < -0.4 is 4.74 Å². The van der Waals surface area contributed by atoms with Gasteiger partial charge in [-0.05, 0) is 49.7 Å². The fourth-order valence-corrected chi connectivity index (χ4v) is 3.25. The SMILES string of the molecule is CCCCCCOc1ccc([C@H]2CC[C@H](C=O)CC2)c(F)c1F. The molecule has 1 fully saturated rings. The second kappa shape index (κ2) is 8.99. The molecule has 1 aromatic rings. The Labute approximate surface area is 137 Å². The lowest BCUT2D eigenvalue weighted by molar-refractivity contribution is -0.111. The van der Waals surface area contributed by atoms with Crippen molar-refractivity contribution in [1.82, 2.24) is 0 Å². The predicted molar refractivity (Wildman–Crippen MR) is 86.8 cm³/mol. The molecule has 2 rings (SSSR count). The molecule has 1 aliphatic rings. The van der Waals surface area contributed by atoms with E-state index < -0.39 is 11.6 Å². The molecule has 0 heterocycles. The highest BCUT2D eigenvalue weighted by molar-refractivity contribution is 5.53. The summed E-state index contributed by atoms with van der Waals surface area (Å²) < 4.78 is 33.9. The molecule has 0 atom stereocenters. The van der Waals surface area contributed by atoms with E-state index in [-0.39, 0.29) is 17.6 Å². The van der Waals surface area contributed by atoms with Crippen LogP contribution in [0.25, 0.3) is 0 Å². The zero-order valence-corrected chi connectivity index (χ0v) is 13.8. The first-order valence-electron chi connectivity index (χ1n) is 8.73. The highest BCUT2D eigenvalue weighted by Crippen LogP contribution is 2.38. The summed E-state index contributed by atoms with van der Waals surface area (Å²) in [7, 11) is 0. The summed E-state index contributed by atoms with van der Waals surface area (Å²) in [5.74, 6) is -1.59. The van der Waals surface area contributed by atoms with Crippen molar-refractivity contribution in [3.8, 4) is 5.75 Å². The van der Waals surface area contributed by atoms with Crippen molar-refractivity contribution in [3.05, 3.63) is 29.3 Å². The Hall–Kier alpha value is -1.45. The molecule has 1 aromatic carbocycles. The van der Waals surface area contributed by atoms with E-state index in [1.54, 1.807) is 12.1 Å². The van der Waals surface area contributed by atoms with Gasteiger partial charge in [-0.25, -0.2) is 4.39 Å². The fraction of sp³-hybridized carbons (Fsp3) is 0.632. The van der Waals surface area contributed by atoms with Crippen LogP contribution in [0.15, 0.2) is 12.1 Å². The number of halogens is 2. The van der Waals surface area contributed by atoms with Crippen LogP contribution in [0, 0.1) is 17.6 Å². The van der Waals surface area contributed by atoms with Crippen LogP contribution in [-0.4, -0.2) is 12.9 Å². The summed E-state index contributed by atoms with van der Waals surface area (Å²) in [4.78, 5) is 10.8. The van der Waals surface area contributed by atoms with Crippen LogP contribution in [0.2, 0.25) is 0 Å². The lowest BCUT2D eigenvalue weighted by Crippen LogP contribution is -2.15. The molecule has 0 spiro atoms. The van der Waals surface area contributed by atoms with Gasteiger partial charge in [0.1, 0.15) is 6.29 Å². The van der Waals surface area contributed by atoms with Gasteiger partial charge in [0.2, 0.25) is 5.82 Å². The Bertz CT molecular complexity index is 508. The van der Waals surface area contributed by atoms with Gasteiger partial charge in [0.15, 0.2) is 11.6 Å². The number of hydrogen-bond acceptors (Lipinski definition) is 2. The Balaban J connectivity index is 1.96. The average molecular weight is 324 g/mol. The van der Waals surface area contributed by atoms with Gasteiger partial charge < -0.3 is 9.53 Å². The minimum atomic E-state index is -0.879. The van der Waals surface area contributed by atoms with E-state index >= 15 is 0 Å². The second-order valence-electron chi connectivity index (χ2n) is 6.44. The molecule has 4 heteroatoms. The third-order valence-corrected chi connectivity index (χ3v) is 4.74. The highest BCUT2D eigenvalue weighted by atomic mass is 19.2. The lowest BCUT2D eigenvalue weighted by Gasteiger charge is -2.26. The molecule has 0 N–H and O–H groups in total. The maximum atomic E-state index is 14.3. The molecule has 0 aromatic heterocycles. The zero-order valence-electron chi connectivity index (χ0n) is 13.8. The Morgan fingerprint density at radius 2 is 1.83 bits per heavy atom. The summed E-state index contributed by atoms with van der Waals surface area (Å²) in [6, 6.07) is 3.19. The van der Waals surface area contributed by atoms with Crippen molar-refractivity contribution in [3.63, 3.8) is 0 Å². The monoisotopic (exact) mass is 324 g/mol. The summed E-state index contributed by atoms with van der Waals surface area (Å²) in [5, 5.41) is 0. The molecule has 0 radical (unpaired) electrons. The number of unbranched alkanes of at least 4 members (excludes halogenated alkanes) is 3. The summed E-state index contributed by atoms with van der Waals surface area (Å²) in [5.41, 5.74) is 0.421. The summed E-state index contributed by atoms with van der Waals surface area (Å²) in [6.07, 6.45) is 8.10. The molecule has 128 valence electrons. The largest absolute Gasteiger partial charge is 0.490 e. The maximum Gasteiger partial charge on any atom is 0.200 e. The molecule has 0 unspecified atom stereocenters. The summed E-state index contributed by atoms with van der Waals surface area (Å²) in [6.45, 7) is 2.54. The van der Waals surface area contributed by atoms with Crippen LogP contribution in [0.5, 0.6) is 5.75 Å². The molecule has 0 amide bonds. The first-order chi connectivity index (χ1) is 11.2. The van der Waals surface area contributed by atoms with Gasteiger partial charge in [-0.3, -0.25) is 0 Å². The van der Waals surface area contributed by atoms with Crippen molar-refractivity contribution in [2.75, 3.05) is 6.61 Å². The zero-order chi connectivity index (χ0) is 16.7. The van der Waals surface area contributed by atoms with Crippen molar-refractivity contribution in [1.29, 1.82) is 0 Å². The molecular weight excluding hydrogens is 298 g/mol. The molecule has 23 heavy (non-hydrogen) atoms. The van der Waals surface area contributed by atoms with E-state index in [2.05, 4.69) is 6.92 Å². The molecule has 0 saturated heterocycles. The van der Waals surface area contributed by atoms with Gasteiger partial charge in [0.25, 0.3) is 0 Å². The molecule has 1 aliphatic carbocycles. The summed E-state index contributed by atoms with van der Waals surface area (Å²) >= 11 is 0. The van der Waals surface area contributed by atoms with E-state index in [1.807, 2.05) is 0 Å². The van der Waals surface area contributed by atoms with E-state index in [0.717, 1.165) is 57.7 Å². The highest BCUT2D eigenvalue weighted by Gasteiger charge is 2.26. The predicted octanol–water partition coefficient (Wildman–Crippen LogP) is 5.40. The number of ether oxygens (including phenoxy) is 1. The second-order valence-corrected chi connectivity index (χ2v) is 6.44. The number of hydrogen-bond donors (Lipinski definition) is 0. The van der Waals surface area contributed by atoms with Crippen molar-refractivity contribution >= 4 is 6.29 Å². The number of benzene rings is 1. The van der Waals surface area contributed by atoms with Gasteiger partial charge in [0.05, 0.1) is 6.61 Å². The van der Waals surface area contributed by atoms with E-state index in [1.165, 1.54) is 0 Å². The molecule has 1 saturated carbocycles. The Morgan fingerprint density at radius 3 is 2.48 bits per heavy atom. The number of aldehydes is 1. The number of carbonyl (C=O) groups is 1. The standard InChI is InChI=1S/C19H26F2O2/c1-2-3-4-5-12-23-17-11-10-16(18(20)19(17)21)15-8-6-14(13-22)7-9-15/h10-11,13-15H,2-9,12H2,1H3/t14-,15-. The number of carbonyl (C=O) groups excluding carboxylic acids is 1. The first-order valence-corrected chi connectivity index (χ1v) is 8.73. The van der Waals surface area contributed by atoms with Crippen molar-refractivity contribution in [2.45, 2.75) is 64.2 Å². The quantitative estimate of drug-likeness (QED) is 0.473. The van der Waals surface area contributed by atoms with Gasteiger partial charge >= 0.3 is 0 Å². The molecule has 0 aliphatic heterocycles. The fourth-order valence-electron chi connectivity index (χ4n) is 3.25. The Kier molecular flexibility index (Phi) is 7.00. The number of rotatable bonds is 8. The van der Waals surface area contributed by atoms with Gasteiger partial charge in [-0.1, -0.05) is 32.3 Å². The van der Waals surface area contributed by atoms with Crippen LogP contribution in [-0.2, 0) is 4.79 Å². The topological polar surface area (TPSA) is 26.3 Å². The van der Waals surface area contributed by atoms with Gasteiger partial charge in [0, 0.05) is 5.92 Å². The molecular formula is C19H26F2O2. The van der Waals surface area contributed by atoms with Crippen molar-refractivity contribution < 1.29 is 18.3 Å². The van der Waals surface area contributed by atoms with E-state index in [0.29, 0.717) is 12.2 Å². The van der Waals surface area contributed by atoms with Crippen LogP contribution in [0.1, 0.15) is 69.8 Å². The lowest BCUT2D eigenvalue weighted by atomic mass is 9.79. The van der Waals surface area contributed by atoms with Crippen molar-refractivity contribution in [2.24, 2.45) is 5.92 Å². The Morgan fingerprint density at radius 1 is 1.09 bits per heavy atom. The van der Waals surface area contributed by atoms with E-state index in [9.17, 15) is 13.6 Å². The maximum absolute atomic E-state index is 14.3. The minimum Gasteiger partial charge on any atom is -0.490 e. The normalized spacial score (nSPS) is 21.2. The smallest absolute Gasteiger partial charge is 0.200 e. The van der Waals surface area contributed by atoms with Crippen LogP contribution in [0.4, 0.5) is 8.78 Å². The van der Waals surface area contributed by atoms with Gasteiger partial charge in [-0.2, -0.15) is 4.39 Å². The first kappa shape index (κ1) is 17.9. The van der Waals surface area contributed by atoms with E-state index in [4.69, 9.17) is 4.74 Å². The molecule has 0 bridgehead atoms. The molecule has 2 nitrogen and oxygen atoms in total. The third kappa shape index (κ3) is 4.76. The minimum absolute atomic E-state index is 0.000644. The van der Waals surface area contributed by atoms with Crippen LogP contribution in [0.3, 0.4) is 0 Å². The van der Waals surface area contributed by atoms with Gasteiger partial charge in [-0.15, -0.1) is 0 Å².